The summed E-state index contributed by atoms with van der Waals surface area (Å²) in [5, 5.41) is 9.30. The molecule has 3 heteroatoms. The third kappa shape index (κ3) is 2.99. The highest BCUT2D eigenvalue weighted by Crippen LogP contribution is 2.34. The fourth-order valence-corrected chi connectivity index (χ4v) is 2.10. The molecule has 0 fully saturated rings. The number of hydrogen-bond donors (Lipinski definition) is 1. The van der Waals surface area contributed by atoms with Crippen molar-refractivity contribution in [2.45, 2.75) is 32.8 Å². The minimum atomic E-state index is -0.462. The molecule has 0 aromatic heterocycles. The third-order valence-corrected chi connectivity index (χ3v) is 3.49. The first-order valence-electron chi connectivity index (χ1n) is 6.82. The fraction of sp³-hybridized carbons (Fsp3) is 0.294. The maximum Gasteiger partial charge on any atom is 0.168 e. The van der Waals surface area contributed by atoms with Crippen LogP contribution in [-0.2, 0) is 6.61 Å². The van der Waals surface area contributed by atoms with Gasteiger partial charge in [-0.1, -0.05) is 44.2 Å². The highest BCUT2D eigenvalue weighted by molar-refractivity contribution is 5.43. The molecule has 2 rings (SSSR count). The number of para-hydroxylation sites is 2. The number of halogens is 1. The van der Waals surface area contributed by atoms with E-state index in [1.807, 2.05) is 24.3 Å². The Morgan fingerprint density at radius 2 is 1.90 bits per heavy atom. The van der Waals surface area contributed by atoms with Gasteiger partial charge >= 0.3 is 0 Å². The van der Waals surface area contributed by atoms with Gasteiger partial charge in [-0.25, -0.2) is 4.39 Å². The number of aliphatic hydroxyl groups is 1. The van der Waals surface area contributed by atoms with Crippen LogP contribution in [0.1, 0.15) is 37.3 Å². The van der Waals surface area contributed by atoms with Gasteiger partial charge in [-0.15, -0.1) is 0 Å². The van der Waals surface area contributed by atoms with Crippen LogP contribution in [0.5, 0.6) is 11.5 Å². The van der Waals surface area contributed by atoms with E-state index in [9.17, 15) is 9.50 Å². The van der Waals surface area contributed by atoms with Crippen molar-refractivity contribution in [1.82, 2.24) is 0 Å². The van der Waals surface area contributed by atoms with E-state index in [-0.39, 0.29) is 12.4 Å². The molecular formula is C17H19FO2. The van der Waals surface area contributed by atoms with Gasteiger partial charge in [0.1, 0.15) is 5.75 Å². The molecule has 2 nitrogen and oxygen atoms in total. The van der Waals surface area contributed by atoms with Crippen LogP contribution in [0, 0.1) is 5.82 Å². The van der Waals surface area contributed by atoms with Crippen LogP contribution < -0.4 is 4.74 Å². The van der Waals surface area contributed by atoms with E-state index in [4.69, 9.17) is 4.74 Å². The molecule has 0 saturated heterocycles. The second-order valence-electron chi connectivity index (χ2n) is 4.84. The number of ether oxygens (including phenoxy) is 1. The lowest BCUT2D eigenvalue weighted by atomic mass is 9.98. The number of hydrogen-bond acceptors (Lipinski definition) is 2. The molecule has 0 bridgehead atoms. The molecule has 0 aliphatic rings. The van der Waals surface area contributed by atoms with E-state index < -0.39 is 5.82 Å². The van der Waals surface area contributed by atoms with Gasteiger partial charge in [0, 0.05) is 5.56 Å². The summed E-state index contributed by atoms with van der Waals surface area (Å²) in [6.45, 7) is 3.96. The molecule has 1 N–H and O–H groups in total. The van der Waals surface area contributed by atoms with Crippen LogP contribution in [0.4, 0.5) is 4.39 Å². The molecule has 0 saturated carbocycles. The summed E-state index contributed by atoms with van der Waals surface area (Å²) in [6.07, 6.45) is 0.977. The van der Waals surface area contributed by atoms with Crippen molar-refractivity contribution in [2.24, 2.45) is 0 Å². The minimum absolute atomic E-state index is 0.103. The molecular weight excluding hydrogens is 255 g/mol. The molecule has 1 unspecified atom stereocenters. The molecule has 1 atom stereocenters. The number of aliphatic hydroxyl groups excluding tert-OH is 1. The highest BCUT2D eigenvalue weighted by atomic mass is 19.1. The summed E-state index contributed by atoms with van der Waals surface area (Å²) >= 11 is 0. The minimum Gasteiger partial charge on any atom is -0.454 e. The Labute approximate surface area is 118 Å². The lowest BCUT2D eigenvalue weighted by Gasteiger charge is -2.17. The lowest BCUT2D eigenvalue weighted by Crippen LogP contribution is -1.99. The first-order valence-corrected chi connectivity index (χ1v) is 6.82. The van der Waals surface area contributed by atoms with E-state index in [1.165, 1.54) is 6.07 Å². The predicted octanol–water partition coefficient (Wildman–Crippen LogP) is 4.62. The first-order chi connectivity index (χ1) is 9.67. The van der Waals surface area contributed by atoms with Crippen molar-refractivity contribution in [1.29, 1.82) is 0 Å². The van der Waals surface area contributed by atoms with Crippen LogP contribution in [0.3, 0.4) is 0 Å². The summed E-state index contributed by atoms with van der Waals surface area (Å²) in [4.78, 5) is 0. The van der Waals surface area contributed by atoms with Gasteiger partial charge in [0.25, 0.3) is 0 Å². The smallest absolute Gasteiger partial charge is 0.168 e. The van der Waals surface area contributed by atoms with Gasteiger partial charge in [0.15, 0.2) is 11.6 Å². The van der Waals surface area contributed by atoms with Gasteiger partial charge in [-0.3, -0.25) is 0 Å². The molecule has 0 radical (unpaired) electrons. The number of rotatable bonds is 5. The van der Waals surface area contributed by atoms with Crippen LogP contribution >= 0.6 is 0 Å². The molecule has 2 aromatic rings. The van der Waals surface area contributed by atoms with Crippen molar-refractivity contribution in [3.63, 3.8) is 0 Å². The number of benzene rings is 2. The highest BCUT2D eigenvalue weighted by Gasteiger charge is 2.14. The second kappa shape index (κ2) is 6.53. The molecule has 106 valence electrons. The molecule has 0 spiro atoms. The topological polar surface area (TPSA) is 29.5 Å². The van der Waals surface area contributed by atoms with E-state index in [0.29, 0.717) is 17.2 Å². The van der Waals surface area contributed by atoms with Gasteiger partial charge in [0.2, 0.25) is 0 Å². The van der Waals surface area contributed by atoms with Crippen molar-refractivity contribution in [2.75, 3.05) is 0 Å². The van der Waals surface area contributed by atoms with Gasteiger partial charge in [-0.05, 0) is 30.0 Å². The van der Waals surface area contributed by atoms with E-state index in [2.05, 4.69) is 13.8 Å². The summed E-state index contributed by atoms with van der Waals surface area (Å²) in [6, 6.07) is 12.2. The van der Waals surface area contributed by atoms with Crippen LogP contribution in [-0.4, -0.2) is 5.11 Å². The Bertz CT molecular complexity index is 581. The molecule has 20 heavy (non-hydrogen) atoms. The summed E-state index contributed by atoms with van der Waals surface area (Å²) < 4.78 is 19.7. The van der Waals surface area contributed by atoms with Crippen molar-refractivity contribution < 1.29 is 14.2 Å². The van der Waals surface area contributed by atoms with Crippen molar-refractivity contribution >= 4 is 0 Å². The normalized spacial score (nSPS) is 12.2. The molecule has 0 aliphatic carbocycles. The van der Waals surface area contributed by atoms with Gasteiger partial charge < -0.3 is 9.84 Å². The quantitative estimate of drug-likeness (QED) is 0.861. The average molecular weight is 274 g/mol. The van der Waals surface area contributed by atoms with Crippen molar-refractivity contribution in [3.05, 3.63) is 59.4 Å². The first kappa shape index (κ1) is 14.5. The zero-order chi connectivity index (χ0) is 14.5. The lowest BCUT2D eigenvalue weighted by molar-refractivity contribution is 0.274. The second-order valence-corrected chi connectivity index (χ2v) is 4.84. The van der Waals surface area contributed by atoms with E-state index >= 15 is 0 Å². The fourth-order valence-electron chi connectivity index (χ4n) is 2.10. The van der Waals surface area contributed by atoms with E-state index in [1.54, 1.807) is 12.1 Å². The standard InChI is InChI=1S/C17H19FO2/c1-3-12(2)14-8-4-5-10-16(14)20-17-13(11-19)7-6-9-15(17)18/h4-10,12,19H,3,11H2,1-2H3. The largest absolute Gasteiger partial charge is 0.454 e. The van der Waals surface area contributed by atoms with Crippen LogP contribution in [0.25, 0.3) is 0 Å². The Hall–Kier alpha value is -1.87. The molecule has 0 heterocycles. The Kier molecular flexibility index (Phi) is 4.74. The summed E-state index contributed by atoms with van der Waals surface area (Å²) in [7, 11) is 0. The Morgan fingerprint density at radius 3 is 2.60 bits per heavy atom. The SMILES string of the molecule is CCC(C)c1ccccc1Oc1c(F)cccc1CO. The monoisotopic (exact) mass is 274 g/mol. The third-order valence-electron chi connectivity index (χ3n) is 3.49. The summed E-state index contributed by atoms with van der Waals surface area (Å²) in [5.74, 6) is 0.610. The zero-order valence-corrected chi connectivity index (χ0v) is 11.8. The molecule has 2 aromatic carbocycles. The molecule has 0 aliphatic heterocycles. The maximum atomic E-state index is 13.9. The van der Waals surface area contributed by atoms with E-state index in [0.717, 1.165) is 12.0 Å². The Morgan fingerprint density at radius 1 is 1.15 bits per heavy atom. The zero-order valence-electron chi connectivity index (χ0n) is 11.8. The van der Waals surface area contributed by atoms with Crippen LogP contribution in [0.15, 0.2) is 42.5 Å². The summed E-state index contributed by atoms with van der Waals surface area (Å²) in [5.41, 5.74) is 1.49. The molecule has 0 amide bonds. The maximum absolute atomic E-state index is 13.9. The average Bonchev–Trinajstić information content (AvgIpc) is 2.49. The van der Waals surface area contributed by atoms with Crippen LogP contribution in [0.2, 0.25) is 0 Å². The van der Waals surface area contributed by atoms with Crippen molar-refractivity contribution in [3.8, 4) is 11.5 Å². The predicted molar refractivity (Wildman–Crippen MR) is 77.5 cm³/mol. The van der Waals surface area contributed by atoms with Gasteiger partial charge in [-0.2, -0.15) is 0 Å². The Balaban J connectivity index is 2.40. The van der Waals surface area contributed by atoms with Gasteiger partial charge in [0.05, 0.1) is 6.61 Å².